The van der Waals surface area contributed by atoms with E-state index < -0.39 is 0 Å². The van der Waals surface area contributed by atoms with Crippen LogP contribution in [0.5, 0.6) is 5.75 Å². The molecule has 0 saturated carbocycles. The minimum atomic E-state index is 0.298. The molecule has 2 aromatic heterocycles. The van der Waals surface area contributed by atoms with E-state index in [0.717, 1.165) is 11.3 Å². The van der Waals surface area contributed by atoms with E-state index in [1.807, 2.05) is 18.2 Å². The zero-order valence-corrected chi connectivity index (χ0v) is 13.8. The summed E-state index contributed by atoms with van der Waals surface area (Å²) in [7, 11) is 1.57. The Kier molecular flexibility index (Phi) is 4.33. The predicted octanol–water partition coefficient (Wildman–Crippen LogP) is 3.21. The molecule has 0 aliphatic rings. The Hall–Kier alpha value is -3.09. The number of hydrogen-bond donors (Lipinski definition) is 2. The number of aromatic nitrogens is 3. The van der Waals surface area contributed by atoms with Crippen molar-refractivity contribution in [1.82, 2.24) is 15.1 Å². The third-order valence-corrected chi connectivity index (χ3v) is 3.41. The number of anilines is 2. The summed E-state index contributed by atoms with van der Waals surface area (Å²) in [6, 6.07) is 7.68. The number of nitrogens with zero attached hydrogens (tertiary/aromatic N) is 3. The first kappa shape index (κ1) is 15.8. The summed E-state index contributed by atoms with van der Waals surface area (Å²) in [5.74, 6) is 1.42. The van der Waals surface area contributed by atoms with Gasteiger partial charge in [-0.2, -0.15) is 4.98 Å². The number of nitrogens with one attached hydrogen (secondary N) is 1. The molecule has 0 unspecified atom stereocenters. The lowest BCUT2D eigenvalue weighted by molar-refractivity contribution is 0.412. The number of ether oxygens (including phenoxy) is 1. The lowest BCUT2D eigenvalue weighted by Gasteiger charge is -2.12. The van der Waals surface area contributed by atoms with Crippen molar-refractivity contribution in [2.24, 2.45) is 0 Å². The molecular formula is C17H19N5O2. The van der Waals surface area contributed by atoms with E-state index in [-0.39, 0.29) is 0 Å². The van der Waals surface area contributed by atoms with E-state index in [1.165, 1.54) is 0 Å². The molecule has 0 amide bonds. The van der Waals surface area contributed by atoms with Crippen molar-refractivity contribution < 1.29 is 9.26 Å². The second-order valence-corrected chi connectivity index (χ2v) is 5.60. The van der Waals surface area contributed by atoms with Crippen molar-refractivity contribution >= 4 is 11.4 Å². The molecule has 1 aromatic carbocycles. The molecule has 3 aromatic rings. The molecular weight excluding hydrogens is 306 g/mol. The topological polar surface area (TPSA) is 99.1 Å². The summed E-state index contributed by atoms with van der Waals surface area (Å²) >= 11 is 0. The molecule has 0 radical (unpaired) electrons. The second kappa shape index (κ2) is 6.57. The van der Waals surface area contributed by atoms with Crippen molar-refractivity contribution in [1.29, 1.82) is 0 Å². The highest BCUT2D eigenvalue weighted by molar-refractivity contribution is 5.74. The summed E-state index contributed by atoms with van der Waals surface area (Å²) < 4.78 is 10.6. The molecule has 0 saturated heterocycles. The van der Waals surface area contributed by atoms with Gasteiger partial charge in [0, 0.05) is 17.8 Å². The average Bonchev–Trinajstić information content (AvgIpc) is 3.06. The lowest BCUT2D eigenvalue weighted by Crippen LogP contribution is -2.11. The van der Waals surface area contributed by atoms with Gasteiger partial charge in [-0.3, -0.25) is 4.98 Å². The third kappa shape index (κ3) is 3.15. The van der Waals surface area contributed by atoms with Gasteiger partial charge in [0.2, 0.25) is 5.82 Å². The molecule has 3 rings (SSSR count). The van der Waals surface area contributed by atoms with Crippen LogP contribution in [0.1, 0.15) is 13.8 Å². The number of rotatable bonds is 5. The molecule has 124 valence electrons. The Morgan fingerprint density at radius 3 is 2.79 bits per heavy atom. The SMILES string of the molecule is COc1cnccc1-c1noc(-c2ccc(NC(C)C)c(N)c2)n1. The number of benzene rings is 1. The zero-order chi connectivity index (χ0) is 17.1. The van der Waals surface area contributed by atoms with Crippen LogP contribution in [-0.2, 0) is 0 Å². The quantitative estimate of drug-likeness (QED) is 0.695. The Balaban J connectivity index is 1.92. The molecule has 2 heterocycles. The fourth-order valence-corrected chi connectivity index (χ4v) is 2.32. The highest BCUT2D eigenvalue weighted by Crippen LogP contribution is 2.30. The van der Waals surface area contributed by atoms with Gasteiger partial charge in [0.15, 0.2) is 0 Å². The van der Waals surface area contributed by atoms with Crippen LogP contribution in [0.2, 0.25) is 0 Å². The van der Waals surface area contributed by atoms with Crippen molar-refractivity contribution in [2.45, 2.75) is 19.9 Å². The van der Waals surface area contributed by atoms with Crippen molar-refractivity contribution in [2.75, 3.05) is 18.2 Å². The van der Waals surface area contributed by atoms with Crippen LogP contribution in [0, 0.1) is 0 Å². The average molecular weight is 325 g/mol. The zero-order valence-electron chi connectivity index (χ0n) is 13.8. The van der Waals surface area contributed by atoms with Gasteiger partial charge >= 0.3 is 0 Å². The van der Waals surface area contributed by atoms with E-state index in [4.69, 9.17) is 15.0 Å². The second-order valence-electron chi connectivity index (χ2n) is 5.60. The molecule has 3 N–H and O–H groups in total. The Labute approximate surface area is 139 Å². The van der Waals surface area contributed by atoms with Crippen molar-refractivity contribution in [3.05, 3.63) is 36.7 Å². The summed E-state index contributed by atoms with van der Waals surface area (Å²) in [4.78, 5) is 8.45. The Morgan fingerprint density at radius 2 is 2.08 bits per heavy atom. The summed E-state index contributed by atoms with van der Waals surface area (Å²) in [6.45, 7) is 4.11. The van der Waals surface area contributed by atoms with Crippen LogP contribution in [0.3, 0.4) is 0 Å². The van der Waals surface area contributed by atoms with Crippen LogP contribution >= 0.6 is 0 Å². The smallest absolute Gasteiger partial charge is 0.258 e. The Morgan fingerprint density at radius 1 is 1.25 bits per heavy atom. The number of methoxy groups -OCH3 is 1. The van der Waals surface area contributed by atoms with Gasteiger partial charge in [0.1, 0.15) is 5.75 Å². The first-order valence-corrected chi connectivity index (χ1v) is 7.57. The standard InChI is InChI=1S/C17H19N5O2/c1-10(2)20-14-5-4-11(8-13(14)18)17-21-16(22-24-17)12-6-7-19-9-15(12)23-3/h4-10,20H,18H2,1-3H3. The normalized spacial score (nSPS) is 10.8. The maximum Gasteiger partial charge on any atom is 0.258 e. The van der Waals surface area contributed by atoms with Gasteiger partial charge < -0.3 is 20.3 Å². The minimum Gasteiger partial charge on any atom is -0.494 e. The molecule has 0 fully saturated rings. The monoisotopic (exact) mass is 325 g/mol. The maximum absolute atomic E-state index is 6.09. The highest BCUT2D eigenvalue weighted by atomic mass is 16.5. The first-order chi connectivity index (χ1) is 11.6. The van der Waals surface area contributed by atoms with Crippen LogP contribution in [0.25, 0.3) is 22.8 Å². The van der Waals surface area contributed by atoms with Gasteiger partial charge in [-0.25, -0.2) is 0 Å². The molecule has 7 heteroatoms. The number of nitrogens with two attached hydrogens (primary N) is 1. The predicted molar refractivity (Wildman–Crippen MR) is 92.7 cm³/mol. The third-order valence-electron chi connectivity index (χ3n) is 3.41. The van der Waals surface area contributed by atoms with Gasteiger partial charge in [-0.15, -0.1) is 0 Å². The van der Waals surface area contributed by atoms with Crippen LogP contribution < -0.4 is 15.8 Å². The fourth-order valence-electron chi connectivity index (χ4n) is 2.32. The number of nitrogen functional groups attached to an aromatic ring is 1. The summed E-state index contributed by atoms with van der Waals surface area (Å²) in [5.41, 5.74) is 9.07. The Bertz CT molecular complexity index is 845. The van der Waals surface area contributed by atoms with E-state index >= 15 is 0 Å². The molecule has 0 aliphatic carbocycles. The van der Waals surface area contributed by atoms with Gasteiger partial charge in [-0.1, -0.05) is 5.16 Å². The van der Waals surface area contributed by atoms with Crippen LogP contribution in [0.15, 0.2) is 41.2 Å². The van der Waals surface area contributed by atoms with Gasteiger partial charge in [0.05, 0.1) is 30.2 Å². The fraction of sp³-hybridized carbons (Fsp3) is 0.235. The van der Waals surface area contributed by atoms with E-state index in [0.29, 0.717) is 34.8 Å². The minimum absolute atomic E-state index is 0.298. The van der Waals surface area contributed by atoms with Gasteiger partial charge in [0.25, 0.3) is 5.89 Å². The number of hydrogen-bond acceptors (Lipinski definition) is 7. The van der Waals surface area contributed by atoms with Crippen molar-refractivity contribution in [3.63, 3.8) is 0 Å². The molecule has 0 bridgehead atoms. The van der Waals surface area contributed by atoms with Crippen molar-refractivity contribution in [3.8, 4) is 28.6 Å². The lowest BCUT2D eigenvalue weighted by atomic mass is 10.1. The number of pyridine rings is 1. The van der Waals surface area contributed by atoms with Gasteiger partial charge in [-0.05, 0) is 38.1 Å². The molecule has 0 spiro atoms. The van der Waals surface area contributed by atoms with E-state index in [9.17, 15) is 0 Å². The van der Waals surface area contributed by atoms with E-state index in [1.54, 1.807) is 25.6 Å². The summed E-state index contributed by atoms with van der Waals surface area (Å²) in [6.07, 6.45) is 3.26. The maximum atomic E-state index is 6.09. The summed E-state index contributed by atoms with van der Waals surface area (Å²) in [5, 5.41) is 7.30. The van der Waals surface area contributed by atoms with E-state index in [2.05, 4.69) is 34.3 Å². The van der Waals surface area contributed by atoms with Crippen LogP contribution in [0.4, 0.5) is 11.4 Å². The highest BCUT2D eigenvalue weighted by Gasteiger charge is 2.15. The first-order valence-electron chi connectivity index (χ1n) is 7.57. The molecule has 0 atom stereocenters. The van der Waals surface area contributed by atoms with Crippen LogP contribution in [-0.4, -0.2) is 28.3 Å². The largest absolute Gasteiger partial charge is 0.494 e. The molecule has 7 nitrogen and oxygen atoms in total. The molecule has 24 heavy (non-hydrogen) atoms. The molecule has 0 aliphatic heterocycles.